The predicted octanol–water partition coefficient (Wildman–Crippen LogP) is 4.90. The number of aromatic hydroxyl groups is 1. The zero-order valence-corrected chi connectivity index (χ0v) is 15.8. The van der Waals surface area contributed by atoms with E-state index < -0.39 is 0 Å². The number of ether oxygens (including phenoxy) is 3. The van der Waals surface area contributed by atoms with Crippen molar-refractivity contribution in [1.29, 1.82) is 0 Å². The van der Waals surface area contributed by atoms with E-state index >= 15 is 0 Å². The Kier molecular flexibility index (Phi) is 4.52. The van der Waals surface area contributed by atoms with Crippen LogP contribution in [0.25, 0.3) is 22.2 Å². The number of methoxy groups -OCH3 is 2. The largest absolute Gasteiger partial charge is 0.502 e. The van der Waals surface area contributed by atoms with E-state index in [-0.39, 0.29) is 5.75 Å². The Bertz CT molecular complexity index is 970. The van der Waals surface area contributed by atoms with Crippen LogP contribution in [0, 0.1) is 0 Å². The molecule has 1 aromatic heterocycles. The van der Waals surface area contributed by atoms with Gasteiger partial charge in [-0.15, -0.1) is 0 Å². The summed E-state index contributed by atoms with van der Waals surface area (Å²) in [5, 5.41) is 11.4. The summed E-state index contributed by atoms with van der Waals surface area (Å²) >= 11 is 0. The van der Waals surface area contributed by atoms with Gasteiger partial charge < -0.3 is 19.3 Å². The summed E-state index contributed by atoms with van der Waals surface area (Å²) in [5.41, 5.74) is 3.89. The Morgan fingerprint density at radius 3 is 2.33 bits per heavy atom. The summed E-state index contributed by atoms with van der Waals surface area (Å²) in [6, 6.07) is 11.8. The molecule has 1 aliphatic rings. The first-order valence-electron chi connectivity index (χ1n) is 9.17. The molecule has 27 heavy (non-hydrogen) atoms. The van der Waals surface area contributed by atoms with Crippen LogP contribution >= 0.6 is 0 Å². The van der Waals surface area contributed by atoms with Crippen molar-refractivity contribution >= 4 is 10.9 Å². The number of pyridine rings is 1. The molecule has 5 heteroatoms. The summed E-state index contributed by atoms with van der Waals surface area (Å²) in [4.78, 5) is 4.87. The van der Waals surface area contributed by atoms with Crippen LogP contribution in [-0.2, 0) is 0 Å². The molecule has 1 saturated carbocycles. The molecule has 0 unspecified atom stereocenters. The average Bonchev–Trinajstić information content (AvgIpc) is 3.52. The van der Waals surface area contributed by atoms with E-state index in [1.165, 1.54) is 38.0 Å². The fraction of sp³-hybridized carbons (Fsp3) is 0.318. The maximum atomic E-state index is 10.2. The molecule has 1 heterocycles. The van der Waals surface area contributed by atoms with Crippen molar-refractivity contribution in [2.75, 3.05) is 20.8 Å². The highest BCUT2D eigenvalue weighted by Gasteiger charge is 2.27. The van der Waals surface area contributed by atoms with Gasteiger partial charge >= 0.3 is 0 Å². The Morgan fingerprint density at radius 2 is 1.74 bits per heavy atom. The lowest BCUT2D eigenvalue weighted by atomic mass is 10.0. The number of phenols is 1. The number of phenolic OH excluding ortho intramolecular Hbond substituents is 1. The molecule has 0 bridgehead atoms. The van der Waals surface area contributed by atoms with Crippen LogP contribution in [0.5, 0.6) is 23.0 Å². The third kappa shape index (κ3) is 3.25. The number of fused-ring (bicyclic) bond motifs is 1. The summed E-state index contributed by atoms with van der Waals surface area (Å²) in [6.07, 6.45) is 2.40. The molecule has 0 spiro atoms. The van der Waals surface area contributed by atoms with Gasteiger partial charge in [-0.3, -0.25) is 0 Å². The minimum atomic E-state index is -0.00872. The highest BCUT2D eigenvalue weighted by atomic mass is 16.5. The van der Waals surface area contributed by atoms with Crippen molar-refractivity contribution in [1.82, 2.24) is 4.98 Å². The molecule has 140 valence electrons. The fourth-order valence-corrected chi connectivity index (χ4v) is 3.41. The molecule has 2 aromatic carbocycles. The third-order valence-electron chi connectivity index (χ3n) is 4.92. The number of hydrogen-bond acceptors (Lipinski definition) is 5. The molecule has 0 aliphatic heterocycles. The molecule has 1 fully saturated rings. The van der Waals surface area contributed by atoms with Gasteiger partial charge in [-0.2, -0.15) is 0 Å². The Morgan fingerprint density at radius 1 is 1.04 bits per heavy atom. The van der Waals surface area contributed by atoms with Gasteiger partial charge in [0.25, 0.3) is 0 Å². The Balaban J connectivity index is 1.91. The minimum absolute atomic E-state index is 0.00872. The zero-order valence-electron chi connectivity index (χ0n) is 15.8. The highest BCUT2D eigenvalue weighted by Crippen LogP contribution is 2.46. The summed E-state index contributed by atoms with van der Waals surface area (Å²) in [7, 11) is 3.05. The van der Waals surface area contributed by atoms with E-state index in [4.69, 9.17) is 19.2 Å². The van der Waals surface area contributed by atoms with Crippen LogP contribution in [0.4, 0.5) is 0 Å². The fourth-order valence-electron chi connectivity index (χ4n) is 3.41. The highest BCUT2D eigenvalue weighted by molar-refractivity contribution is 5.87. The maximum absolute atomic E-state index is 10.2. The van der Waals surface area contributed by atoms with E-state index in [1.807, 2.05) is 19.1 Å². The van der Waals surface area contributed by atoms with E-state index in [2.05, 4.69) is 12.1 Å². The second-order valence-corrected chi connectivity index (χ2v) is 6.71. The van der Waals surface area contributed by atoms with Gasteiger partial charge in [-0.1, -0.05) is 0 Å². The zero-order chi connectivity index (χ0) is 19.0. The van der Waals surface area contributed by atoms with Gasteiger partial charge in [0, 0.05) is 17.0 Å². The lowest BCUT2D eigenvalue weighted by Gasteiger charge is -2.14. The van der Waals surface area contributed by atoms with Crippen molar-refractivity contribution in [3.8, 4) is 34.3 Å². The summed E-state index contributed by atoms with van der Waals surface area (Å²) < 4.78 is 16.3. The lowest BCUT2D eigenvalue weighted by Crippen LogP contribution is -1.96. The second-order valence-electron chi connectivity index (χ2n) is 6.71. The van der Waals surface area contributed by atoms with Gasteiger partial charge in [0.1, 0.15) is 5.75 Å². The van der Waals surface area contributed by atoms with E-state index in [0.717, 1.165) is 22.5 Å². The summed E-state index contributed by atoms with van der Waals surface area (Å²) in [5.74, 6) is 2.11. The van der Waals surface area contributed by atoms with Crippen LogP contribution < -0.4 is 14.2 Å². The van der Waals surface area contributed by atoms with Gasteiger partial charge in [0.15, 0.2) is 11.5 Å². The predicted molar refractivity (Wildman–Crippen MR) is 105 cm³/mol. The smallest absolute Gasteiger partial charge is 0.200 e. The Labute approximate surface area is 158 Å². The summed E-state index contributed by atoms with van der Waals surface area (Å²) in [6.45, 7) is 2.59. The average molecular weight is 365 g/mol. The first-order valence-corrected chi connectivity index (χ1v) is 9.17. The van der Waals surface area contributed by atoms with Gasteiger partial charge in [0.05, 0.1) is 32.0 Å². The molecule has 0 amide bonds. The molecule has 1 N–H and O–H groups in total. The molecule has 1 aliphatic carbocycles. The number of benzene rings is 2. The standard InChI is InChI=1S/C22H23NO4/c1-4-27-15-7-8-16-17(13-5-6-13)12-18(23-19(16)11-15)14-9-20(25-2)22(24)21(10-14)26-3/h7-13,24H,4-6H2,1-3H3. The molecule has 4 rings (SSSR count). The van der Waals surface area contributed by atoms with Crippen LogP contribution in [0.15, 0.2) is 36.4 Å². The van der Waals surface area contributed by atoms with Crippen molar-refractivity contribution in [2.45, 2.75) is 25.7 Å². The topological polar surface area (TPSA) is 60.8 Å². The quantitative estimate of drug-likeness (QED) is 0.673. The first-order chi connectivity index (χ1) is 13.1. The molecular formula is C22H23NO4. The monoisotopic (exact) mass is 365 g/mol. The van der Waals surface area contributed by atoms with Crippen LogP contribution in [0.3, 0.4) is 0 Å². The van der Waals surface area contributed by atoms with Crippen molar-refractivity contribution in [3.63, 3.8) is 0 Å². The maximum Gasteiger partial charge on any atom is 0.200 e. The van der Waals surface area contributed by atoms with Crippen LogP contribution in [0.1, 0.15) is 31.2 Å². The van der Waals surface area contributed by atoms with Crippen molar-refractivity contribution in [2.24, 2.45) is 0 Å². The number of rotatable bonds is 6. The third-order valence-corrected chi connectivity index (χ3v) is 4.92. The van der Waals surface area contributed by atoms with E-state index in [0.29, 0.717) is 24.0 Å². The normalized spacial score (nSPS) is 13.6. The van der Waals surface area contributed by atoms with Gasteiger partial charge in [-0.25, -0.2) is 4.98 Å². The lowest BCUT2D eigenvalue weighted by molar-refractivity contribution is 0.340. The molecule has 0 atom stereocenters. The van der Waals surface area contributed by atoms with E-state index in [1.54, 1.807) is 12.1 Å². The molecule has 3 aromatic rings. The van der Waals surface area contributed by atoms with Crippen molar-refractivity contribution < 1.29 is 19.3 Å². The van der Waals surface area contributed by atoms with E-state index in [9.17, 15) is 5.11 Å². The molecule has 0 saturated heterocycles. The molecule has 5 nitrogen and oxygen atoms in total. The molecular weight excluding hydrogens is 342 g/mol. The number of aromatic nitrogens is 1. The molecule has 0 radical (unpaired) electrons. The van der Waals surface area contributed by atoms with Crippen LogP contribution in [0.2, 0.25) is 0 Å². The van der Waals surface area contributed by atoms with Gasteiger partial charge in [-0.05, 0) is 61.6 Å². The van der Waals surface area contributed by atoms with Gasteiger partial charge in [0.2, 0.25) is 5.75 Å². The second kappa shape index (κ2) is 6.99. The number of nitrogens with zero attached hydrogens (tertiary/aromatic N) is 1. The number of hydrogen-bond donors (Lipinski definition) is 1. The first kappa shape index (κ1) is 17.5. The SMILES string of the molecule is CCOc1ccc2c(C3CC3)cc(-c3cc(OC)c(O)c(OC)c3)nc2c1. The van der Waals surface area contributed by atoms with Crippen molar-refractivity contribution in [3.05, 3.63) is 42.0 Å². The van der Waals surface area contributed by atoms with Crippen LogP contribution in [-0.4, -0.2) is 30.9 Å². The minimum Gasteiger partial charge on any atom is -0.502 e. The Hall–Kier alpha value is -2.95.